The molecule has 3 N–H and O–H groups in total. The summed E-state index contributed by atoms with van der Waals surface area (Å²) in [4.78, 5) is 21.2. The van der Waals surface area contributed by atoms with Gasteiger partial charge in [-0.25, -0.2) is 0 Å². The van der Waals surface area contributed by atoms with Crippen LogP contribution >= 0.6 is 0 Å². The van der Waals surface area contributed by atoms with Gasteiger partial charge in [-0.05, 0) is 12.3 Å². The van der Waals surface area contributed by atoms with E-state index in [1.165, 1.54) is 0 Å². The van der Waals surface area contributed by atoms with Crippen molar-refractivity contribution in [2.24, 2.45) is 17.6 Å². The highest BCUT2D eigenvalue weighted by Crippen LogP contribution is 2.35. The monoisotopic (exact) mass is 194 g/mol. The fourth-order valence-corrected chi connectivity index (χ4v) is 1.78. The molecule has 1 aliphatic carbocycles. The number of hydrogen-bond acceptors (Lipinski definition) is 2. The molecule has 1 saturated carbocycles. The van der Waals surface area contributed by atoms with Gasteiger partial charge in [0, 0.05) is 6.04 Å². The highest BCUT2D eigenvalue weighted by atomic mass is 16.1. The van der Waals surface area contributed by atoms with Crippen molar-refractivity contribution in [3.63, 3.8) is 0 Å². The molecule has 0 heterocycles. The molecule has 76 valence electrons. The fourth-order valence-electron chi connectivity index (χ4n) is 1.78. The van der Waals surface area contributed by atoms with Crippen molar-refractivity contribution in [2.45, 2.75) is 12.5 Å². The highest BCUT2D eigenvalue weighted by molar-refractivity contribution is 5.79. The Bertz CT molecular complexity index is 273. The number of carbonyl (C=O) groups is 2. The average molecular weight is 194 g/mol. The van der Waals surface area contributed by atoms with Crippen molar-refractivity contribution in [1.29, 1.82) is 0 Å². The normalized spacial score (nSPS) is 30.7. The van der Waals surface area contributed by atoms with E-state index in [9.17, 15) is 9.59 Å². The van der Waals surface area contributed by atoms with E-state index in [2.05, 4.69) is 11.9 Å². The number of allylic oxidation sites excluding steroid dienone is 3. The molecule has 1 rings (SSSR count). The van der Waals surface area contributed by atoms with Crippen molar-refractivity contribution >= 4 is 12.3 Å². The number of amides is 2. The molecule has 1 aliphatic rings. The largest absolute Gasteiger partial charge is 0.369 e. The number of hydrogen-bond donors (Lipinski definition) is 2. The number of primary amides is 1. The maximum atomic E-state index is 11.0. The lowest BCUT2D eigenvalue weighted by molar-refractivity contribution is -0.128. The first kappa shape index (κ1) is 10.5. The average Bonchev–Trinajstić information content (AvgIpc) is 2.08. The van der Waals surface area contributed by atoms with Gasteiger partial charge in [0.25, 0.3) is 0 Å². The number of nitrogens with one attached hydrogen (secondary N) is 1. The summed E-state index contributed by atoms with van der Waals surface area (Å²) in [6, 6.07) is -0.107. The molecule has 14 heavy (non-hydrogen) atoms. The van der Waals surface area contributed by atoms with E-state index in [0.29, 0.717) is 6.41 Å². The number of rotatable bonds is 5. The first-order valence-electron chi connectivity index (χ1n) is 4.49. The van der Waals surface area contributed by atoms with Crippen LogP contribution in [-0.2, 0) is 9.59 Å². The standard InChI is InChI=1S/C10H14N2O2/c1-2-3-4-7-5-8(12-6-13)9(7)10(11)14/h2-4,6-9H,1,5H2,(H2,11,14)(H,12,13)/b4-3-. The summed E-state index contributed by atoms with van der Waals surface area (Å²) in [5.74, 6) is -0.520. The zero-order valence-electron chi connectivity index (χ0n) is 7.85. The van der Waals surface area contributed by atoms with Crippen LogP contribution in [0.4, 0.5) is 0 Å². The molecular weight excluding hydrogens is 180 g/mol. The van der Waals surface area contributed by atoms with E-state index in [1.807, 2.05) is 6.08 Å². The second-order valence-electron chi connectivity index (χ2n) is 3.34. The van der Waals surface area contributed by atoms with Crippen molar-refractivity contribution in [3.8, 4) is 0 Å². The lowest BCUT2D eigenvalue weighted by Crippen LogP contribution is -2.55. The van der Waals surface area contributed by atoms with E-state index in [0.717, 1.165) is 6.42 Å². The Balaban J connectivity index is 2.57. The van der Waals surface area contributed by atoms with Crippen LogP contribution in [0.2, 0.25) is 0 Å². The molecule has 0 bridgehead atoms. The maximum absolute atomic E-state index is 11.0. The smallest absolute Gasteiger partial charge is 0.223 e. The molecule has 0 spiro atoms. The third-order valence-electron chi connectivity index (χ3n) is 2.53. The summed E-state index contributed by atoms with van der Waals surface area (Å²) in [5, 5.41) is 2.58. The van der Waals surface area contributed by atoms with Crippen molar-refractivity contribution in [3.05, 3.63) is 24.8 Å². The minimum absolute atomic E-state index is 0.107. The van der Waals surface area contributed by atoms with E-state index in [4.69, 9.17) is 5.73 Å². The molecule has 0 saturated heterocycles. The first-order valence-corrected chi connectivity index (χ1v) is 4.49. The maximum Gasteiger partial charge on any atom is 0.223 e. The summed E-state index contributed by atoms with van der Waals surface area (Å²) >= 11 is 0. The molecule has 2 amide bonds. The van der Waals surface area contributed by atoms with Crippen LogP contribution in [0, 0.1) is 11.8 Å². The van der Waals surface area contributed by atoms with E-state index >= 15 is 0 Å². The SMILES string of the molecule is C=C/C=C\C1CC(NC=O)C1C(N)=O. The third-order valence-corrected chi connectivity index (χ3v) is 2.53. The molecule has 0 aliphatic heterocycles. The highest BCUT2D eigenvalue weighted by Gasteiger charge is 2.42. The predicted octanol–water partition coefficient (Wildman–Crippen LogP) is -0.0354. The van der Waals surface area contributed by atoms with Crippen LogP contribution in [0.15, 0.2) is 24.8 Å². The van der Waals surface area contributed by atoms with E-state index in [1.54, 1.807) is 12.2 Å². The number of nitrogens with two attached hydrogens (primary N) is 1. The second-order valence-corrected chi connectivity index (χ2v) is 3.34. The van der Waals surface area contributed by atoms with Crippen LogP contribution in [0.5, 0.6) is 0 Å². The molecule has 0 aromatic heterocycles. The van der Waals surface area contributed by atoms with Crippen LogP contribution in [0.25, 0.3) is 0 Å². The van der Waals surface area contributed by atoms with E-state index in [-0.39, 0.29) is 23.8 Å². The van der Waals surface area contributed by atoms with Crippen LogP contribution in [0.1, 0.15) is 6.42 Å². The molecule has 4 heteroatoms. The molecule has 0 aromatic carbocycles. The van der Waals surface area contributed by atoms with Gasteiger partial charge in [-0.2, -0.15) is 0 Å². The lowest BCUT2D eigenvalue weighted by Gasteiger charge is -2.40. The van der Waals surface area contributed by atoms with Crippen molar-refractivity contribution < 1.29 is 9.59 Å². The third kappa shape index (κ3) is 2.02. The van der Waals surface area contributed by atoms with Gasteiger partial charge in [-0.3, -0.25) is 9.59 Å². The Morgan fingerprint density at radius 1 is 1.57 bits per heavy atom. The Kier molecular flexibility index (Phi) is 3.45. The van der Waals surface area contributed by atoms with Gasteiger partial charge in [0.2, 0.25) is 12.3 Å². The molecule has 3 atom stereocenters. The summed E-state index contributed by atoms with van der Waals surface area (Å²) in [6.07, 6.45) is 6.70. The van der Waals surface area contributed by atoms with E-state index < -0.39 is 0 Å². The van der Waals surface area contributed by atoms with Gasteiger partial charge < -0.3 is 11.1 Å². The van der Waals surface area contributed by atoms with Gasteiger partial charge in [0.1, 0.15) is 0 Å². The van der Waals surface area contributed by atoms with Crippen LogP contribution in [0.3, 0.4) is 0 Å². The zero-order chi connectivity index (χ0) is 10.6. The molecule has 4 nitrogen and oxygen atoms in total. The molecule has 0 aromatic rings. The van der Waals surface area contributed by atoms with Crippen LogP contribution in [-0.4, -0.2) is 18.4 Å². The van der Waals surface area contributed by atoms with Gasteiger partial charge in [-0.1, -0.05) is 24.8 Å². The summed E-state index contributed by atoms with van der Waals surface area (Å²) in [6.45, 7) is 3.54. The van der Waals surface area contributed by atoms with Gasteiger partial charge >= 0.3 is 0 Å². The molecule has 1 fully saturated rings. The number of carbonyl (C=O) groups excluding carboxylic acids is 2. The Morgan fingerprint density at radius 2 is 2.29 bits per heavy atom. The molecule has 3 unspecified atom stereocenters. The van der Waals surface area contributed by atoms with Crippen molar-refractivity contribution in [1.82, 2.24) is 5.32 Å². The Morgan fingerprint density at radius 3 is 2.79 bits per heavy atom. The lowest BCUT2D eigenvalue weighted by atomic mass is 9.68. The zero-order valence-corrected chi connectivity index (χ0v) is 7.85. The van der Waals surface area contributed by atoms with Crippen molar-refractivity contribution in [2.75, 3.05) is 0 Å². The Hall–Kier alpha value is -1.58. The molecular formula is C10H14N2O2. The minimum atomic E-state index is -0.366. The topological polar surface area (TPSA) is 72.2 Å². The fraction of sp³-hybridized carbons (Fsp3) is 0.400. The summed E-state index contributed by atoms with van der Waals surface area (Å²) in [7, 11) is 0. The predicted molar refractivity (Wildman–Crippen MR) is 53.1 cm³/mol. The van der Waals surface area contributed by atoms with Gasteiger partial charge in [0.05, 0.1) is 5.92 Å². The summed E-state index contributed by atoms with van der Waals surface area (Å²) in [5.41, 5.74) is 5.23. The van der Waals surface area contributed by atoms with Gasteiger partial charge in [-0.15, -0.1) is 0 Å². The van der Waals surface area contributed by atoms with Gasteiger partial charge in [0.15, 0.2) is 0 Å². The quantitative estimate of drug-likeness (QED) is 0.476. The summed E-state index contributed by atoms with van der Waals surface area (Å²) < 4.78 is 0. The minimum Gasteiger partial charge on any atom is -0.369 e. The second kappa shape index (κ2) is 4.60. The molecule has 0 radical (unpaired) electrons. The first-order chi connectivity index (χ1) is 6.70. The Labute approximate surface area is 82.9 Å². The van der Waals surface area contributed by atoms with Crippen LogP contribution < -0.4 is 11.1 Å².